The number of hydrogen-bond donors (Lipinski definition) is 0. The summed E-state index contributed by atoms with van der Waals surface area (Å²) in [6.07, 6.45) is 7.09. The lowest BCUT2D eigenvalue weighted by Gasteiger charge is -2.39. The van der Waals surface area contributed by atoms with Gasteiger partial charge in [-0.1, -0.05) is 20.3 Å². The first-order valence-corrected chi connectivity index (χ1v) is 5.84. The van der Waals surface area contributed by atoms with E-state index in [1.807, 2.05) is 0 Å². The van der Waals surface area contributed by atoms with Crippen molar-refractivity contribution in [2.45, 2.75) is 52.0 Å². The molecule has 0 saturated heterocycles. The number of carbonyl (C=O) groups is 1. The topological polar surface area (TPSA) is 20.3 Å². The van der Waals surface area contributed by atoms with E-state index < -0.39 is 0 Å². The van der Waals surface area contributed by atoms with Crippen LogP contribution in [-0.4, -0.2) is 30.8 Å². The molecule has 2 nitrogen and oxygen atoms in total. The Kier molecular flexibility index (Phi) is 4.11. The summed E-state index contributed by atoms with van der Waals surface area (Å²) >= 11 is 0. The molecule has 1 fully saturated rings. The second kappa shape index (κ2) is 4.92. The van der Waals surface area contributed by atoms with E-state index in [2.05, 4.69) is 25.8 Å². The fourth-order valence-corrected chi connectivity index (χ4v) is 2.13. The van der Waals surface area contributed by atoms with Crippen molar-refractivity contribution in [2.24, 2.45) is 5.41 Å². The Bertz CT molecular complexity index is 183. The molecule has 1 aliphatic rings. The minimum atomic E-state index is -0.0929. The summed E-state index contributed by atoms with van der Waals surface area (Å²) in [7, 11) is 2.16. The Morgan fingerprint density at radius 1 is 1.36 bits per heavy atom. The standard InChI is InChI=1S/C12H23NO/c1-4-12(5-2,10-14)9-13(3)11-7-6-8-11/h10-11H,4-9H2,1-3H3. The van der Waals surface area contributed by atoms with E-state index in [1.54, 1.807) is 0 Å². The third-order valence-corrected chi connectivity index (χ3v) is 3.92. The number of rotatable bonds is 6. The van der Waals surface area contributed by atoms with E-state index in [0.717, 1.165) is 25.4 Å². The van der Waals surface area contributed by atoms with Crippen LogP contribution in [0.2, 0.25) is 0 Å². The van der Waals surface area contributed by atoms with Crippen LogP contribution in [-0.2, 0) is 4.79 Å². The van der Waals surface area contributed by atoms with Gasteiger partial charge in [0.05, 0.1) is 0 Å². The monoisotopic (exact) mass is 197 g/mol. The summed E-state index contributed by atoms with van der Waals surface area (Å²) in [5.41, 5.74) is -0.0929. The van der Waals surface area contributed by atoms with Crippen LogP contribution in [0.5, 0.6) is 0 Å². The van der Waals surface area contributed by atoms with Gasteiger partial charge in [0.25, 0.3) is 0 Å². The molecule has 0 amide bonds. The van der Waals surface area contributed by atoms with Gasteiger partial charge >= 0.3 is 0 Å². The molecule has 0 bridgehead atoms. The van der Waals surface area contributed by atoms with E-state index in [0.29, 0.717) is 0 Å². The molecule has 0 aromatic heterocycles. The highest BCUT2D eigenvalue weighted by molar-refractivity contribution is 5.59. The molecular weight excluding hydrogens is 174 g/mol. The summed E-state index contributed by atoms with van der Waals surface area (Å²) in [4.78, 5) is 13.5. The summed E-state index contributed by atoms with van der Waals surface area (Å²) in [6.45, 7) is 5.17. The summed E-state index contributed by atoms with van der Waals surface area (Å²) in [5.74, 6) is 0. The third-order valence-electron chi connectivity index (χ3n) is 3.92. The molecule has 0 radical (unpaired) electrons. The van der Waals surface area contributed by atoms with Crippen molar-refractivity contribution in [3.05, 3.63) is 0 Å². The number of hydrogen-bond acceptors (Lipinski definition) is 2. The SMILES string of the molecule is CCC(C=O)(CC)CN(C)C1CCC1. The van der Waals surface area contributed by atoms with Crippen LogP contribution in [0, 0.1) is 5.41 Å². The highest BCUT2D eigenvalue weighted by Gasteiger charge is 2.31. The van der Waals surface area contributed by atoms with Gasteiger partial charge < -0.3 is 9.69 Å². The normalized spacial score (nSPS) is 18.3. The van der Waals surface area contributed by atoms with Crippen molar-refractivity contribution in [3.8, 4) is 0 Å². The molecule has 0 heterocycles. The van der Waals surface area contributed by atoms with Crippen LogP contribution in [0.15, 0.2) is 0 Å². The predicted octanol–water partition coefficient (Wildman–Crippen LogP) is 2.48. The molecule has 0 aromatic rings. The fourth-order valence-electron chi connectivity index (χ4n) is 2.13. The molecule has 0 aliphatic heterocycles. The fraction of sp³-hybridized carbons (Fsp3) is 0.917. The van der Waals surface area contributed by atoms with Gasteiger partial charge in [-0.25, -0.2) is 0 Å². The molecule has 0 atom stereocenters. The van der Waals surface area contributed by atoms with Gasteiger partial charge in [-0.2, -0.15) is 0 Å². The van der Waals surface area contributed by atoms with Gasteiger partial charge in [0, 0.05) is 18.0 Å². The lowest BCUT2D eigenvalue weighted by molar-refractivity contribution is -0.118. The molecule has 82 valence electrons. The largest absolute Gasteiger partial charge is 0.303 e. The van der Waals surface area contributed by atoms with Gasteiger partial charge in [0.1, 0.15) is 6.29 Å². The Hall–Kier alpha value is -0.370. The summed E-state index contributed by atoms with van der Waals surface area (Å²) < 4.78 is 0. The smallest absolute Gasteiger partial charge is 0.127 e. The van der Waals surface area contributed by atoms with Crippen molar-refractivity contribution >= 4 is 6.29 Å². The van der Waals surface area contributed by atoms with E-state index in [4.69, 9.17) is 0 Å². The maximum atomic E-state index is 11.1. The minimum absolute atomic E-state index is 0.0929. The minimum Gasteiger partial charge on any atom is -0.303 e. The van der Waals surface area contributed by atoms with Crippen LogP contribution in [0.3, 0.4) is 0 Å². The first-order chi connectivity index (χ1) is 6.67. The van der Waals surface area contributed by atoms with E-state index in [1.165, 1.54) is 25.5 Å². The van der Waals surface area contributed by atoms with Crippen LogP contribution in [0.25, 0.3) is 0 Å². The van der Waals surface area contributed by atoms with Crippen LogP contribution in [0.4, 0.5) is 0 Å². The average Bonchev–Trinajstić information content (AvgIpc) is 2.11. The molecule has 0 aromatic carbocycles. The Morgan fingerprint density at radius 3 is 2.21 bits per heavy atom. The lowest BCUT2D eigenvalue weighted by Crippen LogP contribution is -2.44. The van der Waals surface area contributed by atoms with Crippen molar-refractivity contribution in [1.29, 1.82) is 0 Å². The predicted molar refractivity (Wildman–Crippen MR) is 59.3 cm³/mol. The zero-order valence-electron chi connectivity index (χ0n) is 9.75. The van der Waals surface area contributed by atoms with Gasteiger partial charge in [-0.15, -0.1) is 0 Å². The first kappa shape index (κ1) is 11.7. The second-order valence-corrected chi connectivity index (χ2v) is 4.69. The van der Waals surface area contributed by atoms with Gasteiger partial charge in [0.2, 0.25) is 0 Å². The molecule has 0 spiro atoms. The van der Waals surface area contributed by atoms with Crippen LogP contribution >= 0.6 is 0 Å². The van der Waals surface area contributed by atoms with Crippen LogP contribution in [0.1, 0.15) is 46.0 Å². The molecular formula is C12H23NO. The van der Waals surface area contributed by atoms with Crippen molar-refractivity contribution in [2.75, 3.05) is 13.6 Å². The van der Waals surface area contributed by atoms with Gasteiger partial charge in [-0.05, 0) is 32.7 Å². The molecule has 2 heteroatoms. The van der Waals surface area contributed by atoms with Crippen LogP contribution < -0.4 is 0 Å². The molecule has 1 saturated carbocycles. The van der Waals surface area contributed by atoms with Gasteiger partial charge in [0.15, 0.2) is 0 Å². The van der Waals surface area contributed by atoms with E-state index in [9.17, 15) is 4.79 Å². The number of aldehydes is 1. The Balaban J connectivity index is 2.48. The van der Waals surface area contributed by atoms with E-state index in [-0.39, 0.29) is 5.41 Å². The molecule has 14 heavy (non-hydrogen) atoms. The molecule has 0 N–H and O–H groups in total. The summed E-state index contributed by atoms with van der Waals surface area (Å²) in [5, 5.41) is 0. The molecule has 0 unspecified atom stereocenters. The molecule has 1 rings (SSSR count). The first-order valence-electron chi connectivity index (χ1n) is 5.84. The zero-order valence-corrected chi connectivity index (χ0v) is 9.75. The highest BCUT2D eigenvalue weighted by atomic mass is 16.1. The van der Waals surface area contributed by atoms with Crippen molar-refractivity contribution < 1.29 is 4.79 Å². The highest BCUT2D eigenvalue weighted by Crippen LogP contribution is 2.29. The number of nitrogens with zero attached hydrogens (tertiary/aromatic N) is 1. The van der Waals surface area contributed by atoms with Gasteiger partial charge in [-0.3, -0.25) is 0 Å². The Labute approximate surface area is 87.7 Å². The lowest BCUT2D eigenvalue weighted by atomic mass is 9.82. The molecule has 1 aliphatic carbocycles. The quantitative estimate of drug-likeness (QED) is 0.610. The average molecular weight is 197 g/mol. The maximum absolute atomic E-state index is 11.1. The maximum Gasteiger partial charge on any atom is 0.127 e. The van der Waals surface area contributed by atoms with E-state index >= 15 is 0 Å². The zero-order chi connectivity index (χ0) is 10.6. The van der Waals surface area contributed by atoms with Crippen molar-refractivity contribution in [3.63, 3.8) is 0 Å². The Morgan fingerprint density at radius 2 is 1.93 bits per heavy atom. The third kappa shape index (κ3) is 2.35. The second-order valence-electron chi connectivity index (χ2n) is 4.69. The summed E-state index contributed by atoms with van der Waals surface area (Å²) in [6, 6.07) is 0.743. The number of carbonyl (C=O) groups excluding carboxylic acids is 1. The van der Waals surface area contributed by atoms with Crippen molar-refractivity contribution in [1.82, 2.24) is 4.90 Å².